The second-order valence-corrected chi connectivity index (χ2v) is 8.31. The largest absolute Gasteiger partial charge is 0.497 e. The van der Waals surface area contributed by atoms with Gasteiger partial charge in [0.05, 0.1) is 19.0 Å². The van der Waals surface area contributed by atoms with E-state index in [1.807, 2.05) is 50.6 Å². The summed E-state index contributed by atoms with van der Waals surface area (Å²) >= 11 is 0. The van der Waals surface area contributed by atoms with E-state index in [1.54, 1.807) is 13.3 Å². The Hall–Kier alpha value is -3.36. The number of anilines is 1. The first-order valence-electron chi connectivity index (χ1n) is 11.6. The van der Waals surface area contributed by atoms with Crippen molar-refractivity contribution >= 4 is 11.6 Å². The van der Waals surface area contributed by atoms with Gasteiger partial charge in [0, 0.05) is 31.3 Å². The first-order chi connectivity index (χ1) is 16.5. The van der Waals surface area contributed by atoms with E-state index < -0.39 is 0 Å². The Bertz CT molecular complexity index is 1050. The van der Waals surface area contributed by atoms with Crippen molar-refractivity contribution < 1.29 is 14.3 Å². The highest BCUT2D eigenvalue weighted by Crippen LogP contribution is 2.31. The zero-order valence-corrected chi connectivity index (χ0v) is 20.5. The lowest BCUT2D eigenvalue weighted by atomic mass is 10.0. The minimum absolute atomic E-state index is 0.0641. The molecule has 0 saturated carbocycles. The number of aryl methyl sites for hydroxylation is 1. The van der Waals surface area contributed by atoms with Gasteiger partial charge in [-0.15, -0.1) is 0 Å². The van der Waals surface area contributed by atoms with E-state index in [4.69, 9.17) is 9.47 Å². The predicted molar refractivity (Wildman–Crippen MR) is 135 cm³/mol. The number of hydrogen-bond acceptors (Lipinski definition) is 6. The van der Waals surface area contributed by atoms with Crippen LogP contribution >= 0.6 is 0 Å². The number of amides is 1. The molecule has 0 aliphatic heterocycles. The summed E-state index contributed by atoms with van der Waals surface area (Å²) in [6.07, 6.45) is 4.56. The van der Waals surface area contributed by atoms with Gasteiger partial charge in [-0.2, -0.15) is 5.10 Å². The van der Waals surface area contributed by atoms with Gasteiger partial charge in [0.25, 0.3) is 0 Å². The standard InChI is InChI=1S/C26H35N5O3/c1-5-27-16-21-6-9-23(33-4)14-19(21)8-11-26(32)30-24-10-7-20(22-17-28-29-18-22)15-25(24)34-13-12-31(2)3/h6-7,9-10,14-15,17-18,27H,5,8,11-13,16H2,1-4H3,(H,28,29)(H,30,32). The molecule has 3 N–H and O–H groups in total. The summed E-state index contributed by atoms with van der Waals surface area (Å²) in [5.74, 6) is 1.37. The monoisotopic (exact) mass is 465 g/mol. The van der Waals surface area contributed by atoms with Crippen molar-refractivity contribution in [2.75, 3.05) is 46.2 Å². The van der Waals surface area contributed by atoms with Crippen molar-refractivity contribution in [1.82, 2.24) is 20.4 Å². The topological polar surface area (TPSA) is 91.5 Å². The predicted octanol–water partition coefficient (Wildman–Crippen LogP) is 3.71. The van der Waals surface area contributed by atoms with Crippen molar-refractivity contribution in [3.63, 3.8) is 0 Å². The van der Waals surface area contributed by atoms with Gasteiger partial charge < -0.3 is 25.0 Å². The summed E-state index contributed by atoms with van der Waals surface area (Å²) in [7, 11) is 5.65. The lowest BCUT2D eigenvalue weighted by molar-refractivity contribution is -0.116. The van der Waals surface area contributed by atoms with Crippen LogP contribution < -0.4 is 20.1 Å². The van der Waals surface area contributed by atoms with Crippen LogP contribution in [0.1, 0.15) is 24.5 Å². The Morgan fingerprint density at radius 2 is 1.97 bits per heavy atom. The number of benzene rings is 2. The summed E-state index contributed by atoms with van der Waals surface area (Å²) in [6.45, 7) is 5.01. The van der Waals surface area contributed by atoms with Crippen molar-refractivity contribution in [2.45, 2.75) is 26.3 Å². The highest BCUT2D eigenvalue weighted by atomic mass is 16.5. The first-order valence-corrected chi connectivity index (χ1v) is 11.6. The van der Waals surface area contributed by atoms with Crippen LogP contribution in [0.15, 0.2) is 48.8 Å². The summed E-state index contributed by atoms with van der Waals surface area (Å²) in [4.78, 5) is 14.9. The number of likely N-dealkylation sites (N-methyl/N-ethyl adjacent to an activating group) is 1. The minimum atomic E-state index is -0.0641. The van der Waals surface area contributed by atoms with Gasteiger partial charge in [0.2, 0.25) is 5.91 Å². The molecule has 0 aliphatic carbocycles. The second-order valence-electron chi connectivity index (χ2n) is 8.31. The molecule has 8 heteroatoms. The lowest BCUT2D eigenvalue weighted by Gasteiger charge is -2.16. The molecular weight excluding hydrogens is 430 g/mol. The van der Waals surface area contributed by atoms with Gasteiger partial charge in [-0.25, -0.2) is 0 Å². The second kappa shape index (κ2) is 12.8. The number of H-pyrrole nitrogens is 1. The summed E-state index contributed by atoms with van der Waals surface area (Å²) in [5.41, 5.74) is 4.87. The van der Waals surface area contributed by atoms with Crippen LogP contribution in [-0.4, -0.2) is 61.9 Å². The lowest BCUT2D eigenvalue weighted by Crippen LogP contribution is -2.20. The Kier molecular flexibility index (Phi) is 9.49. The van der Waals surface area contributed by atoms with Crippen molar-refractivity contribution in [2.24, 2.45) is 0 Å². The van der Waals surface area contributed by atoms with Crippen molar-refractivity contribution in [1.29, 1.82) is 0 Å². The van der Waals surface area contributed by atoms with E-state index in [0.29, 0.717) is 30.9 Å². The SMILES string of the molecule is CCNCc1ccc(OC)cc1CCC(=O)Nc1ccc(-c2cn[nH]c2)cc1OCCN(C)C. The molecule has 0 atom stereocenters. The normalized spacial score (nSPS) is 11.0. The van der Waals surface area contributed by atoms with Crippen LogP contribution in [0.5, 0.6) is 11.5 Å². The Morgan fingerprint density at radius 1 is 1.12 bits per heavy atom. The van der Waals surface area contributed by atoms with E-state index in [2.05, 4.69) is 38.7 Å². The van der Waals surface area contributed by atoms with E-state index in [1.165, 1.54) is 5.56 Å². The fraction of sp³-hybridized carbons (Fsp3) is 0.385. The number of aromatic nitrogens is 2. The molecule has 3 aromatic rings. The maximum atomic E-state index is 12.9. The zero-order chi connectivity index (χ0) is 24.3. The fourth-order valence-electron chi connectivity index (χ4n) is 3.53. The molecule has 0 radical (unpaired) electrons. The first kappa shape index (κ1) is 25.3. The molecule has 1 aromatic heterocycles. The molecular formula is C26H35N5O3. The van der Waals surface area contributed by atoms with E-state index in [9.17, 15) is 4.79 Å². The van der Waals surface area contributed by atoms with Crippen LogP contribution in [0.3, 0.4) is 0 Å². The quantitative estimate of drug-likeness (QED) is 0.357. The number of nitrogens with zero attached hydrogens (tertiary/aromatic N) is 2. The van der Waals surface area contributed by atoms with Gasteiger partial charge in [-0.05, 0) is 68.0 Å². The third kappa shape index (κ3) is 7.33. The van der Waals surface area contributed by atoms with Gasteiger partial charge in [-0.3, -0.25) is 9.89 Å². The molecule has 3 rings (SSSR count). The highest BCUT2D eigenvalue weighted by molar-refractivity contribution is 5.93. The van der Waals surface area contributed by atoms with Crippen molar-refractivity contribution in [3.05, 3.63) is 59.9 Å². The number of hydrogen-bond donors (Lipinski definition) is 3. The van der Waals surface area contributed by atoms with Gasteiger partial charge >= 0.3 is 0 Å². The van der Waals surface area contributed by atoms with Crippen LogP contribution in [0, 0.1) is 0 Å². The molecule has 8 nitrogen and oxygen atoms in total. The van der Waals surface area contributed by atoms with Gasteiger partial charge in [0.15, 0.2) is 0 Å². The molecule has 182 valence electrons. The Morgan fingerprint density at radius 3 is 2.68 bits per heavy atom. The van der Waals surface area contributed by atoms with E-state index >= 15 is 0 Å². The maximum Gasteiger partial charge on any atom is 0.224 e. The summed E-state index contributed by atoms with van der Waals surface area (Å²) in [6, 6.07) is 11.8. The average Bonchev–Trinajstić information content (AvgIpc) is 3.37. The third-order valence-corrected chi connectivity index (χ3v) is 5.48. The number of carbonyl (C=O) groups is 1. The summed E-state index contributed by atoms with van der Waals surface area (Å²) < 4.78 is 11.4. The average molecular weight is 466 g/mol. The molecule has 1 heterocycles. The number of nitrogens with one attached hydrogen (secondary N) is 3. The zero-order valence-electron chi connectivity index (χ0n) is 20.5. The Balaban J connectivity index is 1.71. The molecule has 0 unspecified atom stereocenters. The van der Waals surface area contributed by atoms with Crippen LogP contribution in [0.2, 0.25) is 0 Å². The minimum Gasteiger partial charge on any atom is -0.497 e. The molecule has 0 spiro atoms. The summed E-state index contributed by atoms with van der Waals surface area (Å²) in [5, 5.41) is 13.2. The van der Waals surface area contributed by atoms with Crippen LogP contribution in [-0.2, 0) is 17.8 Å². The van der Waals surface area contributed by atoms with Crippen LogP contribution in [0.4, 0.5) is 5.69 Å². The molecule has 0 aliphatic rings. The number of methoxy groups -OCH3 is 1. The fourth-order valence-corrected chi connectivity index (χ4v) is 3.53. The Labute approximate surface area is 201 Å². The molecule has 0 fully saturated rings. The smallest absolute Gasteiger partial charge is 0.224 e. The van der Waals surface area contributed by atoms with Crippen LogP contribution in [0.25, 0.3) is 11.1 Å². The molecule has 2 aromatic carbocycles. The number of carbonyl (C=O) groups excluding carboxylic acids is 1. The molecule has 34 heavy (non-hydrogen) atoms. The van der Waals surface area contributed by atoms with Gasteiger partial charge in [0.1, 0.15) is 18.1 Å². The molecule has 0 saturated heterocycles. The highest BCUT2D eigenvalue weighted by Gasteiger charge is 2.13. The number of aromatic amines is 1. The third-order valence-electron chi connectivity index (χ3n) is 5.48. The molecule has 1 amide bonds. The van der Waals surface area contributed by atoms with Gasteiger partial charge in [-0.1, -0.05) is 19.1 Å². The number of rotatable bonds is 13. The maximum absolute atomic E-state index is 12.9. The molecule has 0 bridgehead atoms. The van der Waals surface area contributed by atoms with Crippen molar-refractivity contribution in [3.8, 4) is 22.6 Å². The number of ether oxygens (including phenoxy) is 2. The van der Waals surface area contributed by atoms with E-state index in [-0.39, 0.29) is 5.91 Å². The van der Waals surface area contributed by atoms with E-state index in [0.717, 1.165) is 42.1 Å².